The predicted molar refractivity (Wildman–Crippen MR) is 99.9 cm³/mol. The smallest absolute Gasteiger partial charge is 0.00773 e. The maximum atomic E-state index is 5.42. The highest BCUT2D eigenvalue weighted by atomic mass is 14.5. The van der Waals surface area contributed by atoms with E-state index in [-0.39, 0.29) is 0 Å². The molecular weight excluding hydrogens is 254 g/mol. The van der Waals surface area contributed by atoms with Gasteiger partial charge in [0, 0.05) is 0 Å². The summed E-state index contributed by atoms with van der Waals surface area (Å²) in [5, 5.41) is 0. The molecule has 0 fully saturated rings. The Morgan fingerprint density at radius 2 is 0.952 bits per heavy atom. The molecule has 0 spiro atoms. The molecule has 0 amide bonds. The molecule has 0 aromatic heterocycles. The molecule has 0 rings (SSSR count). The molecule has 21 heavy (non-hydrogen) atoms. The minimum absolute atomic E-state index is 0.872. The quantitative estimate of drug-likeness (QED) is 0.340. The van der Waals surface area contributed by atoms with Crippen LogP contribution in [0.15, 0.2) is 0 Å². The van der Waals surface area contributed by atoms with Gasteiger partial charge in [-0.15, -0.1) is 0 Å². The lowest BCUT2D eigenvalue weighted by atomic mass is 10.1. The first-order valence-corrected chi connectivity index (χ1v) is 9.89. The van der Waals surface area contributed by atoms with Crippen molar-refractivity contribution in [3.05, 3.63) is 0 Å². The van der Waals surface area contributed by atoms with Crippen molar-refractivity contribution in [1.29, 1.82) is 0 Å². The molecule has 0 heterocycles. The van der Waals surface area contributed by atoms with Gasteiger partial charge in [0.2, 0.25) is 0 Å². The Kier molecular flexibility index (Phi) is 24.6. The average Bonchev–Trinajstić information content (AvgIpc) is 2.46. The van der Waals surface area contributed by atoms with Gasteiger partial charge in [0.05, 0.1) is 0 Å². The van der Waals surface area contributed by atoms with Crippen LogP contribution in [0.2, 0.25) is 0 Å². The van der Waals surface area contributed by atoms with Crippen LogP contribution in [0.25, 0.3) is 0 Å². The minimum atomic E-state index is 0.872. The molecule has 1 heteroatoms. The number of hydrogen-bond acceptors (Lipinski definition) is 1. The van der Waals surface area contributed by atoms with E-state index < -0.39 is 0 Å². The first kappa shape index (κ1) is 23.2. The van der Waals surface area contributed by atoms with Crippen molar-refractivity contribution in [3.8, 4) is 0 Å². The van der Waals surface area contributed by atoms with E-state index in [2.05, 4.69) is 27.7 Å². The van der Waals surface area contributed by atoms with E-state index in [0.29, 0.717) is 0 Å². The minimum Gasteiger partial charge on any atom is -0.330 e. The van der Waals surface area contributed by atoms with E-state index >= 15 is 0 Å². The number of unbranched alkanes of at least 4 members (excludes halogenated alkanes) is 11. The predicted octanol–water partition coefficient (Wildman–Crippen LogP) is 7.09. The first-order valence-electron chi connectivity index (χ1n) is 9.89. The second-order valence-corrected chi connectivity index (χ2v) is 6.86. The van der Waals surface area contributed by atoms with Crippen LogP contribution in [0, 0.1) is 5.92 Å². The van der Waals surface area contributed by atoms with Crippen molar-refractivity contribution < 1.29 is 0 Å². The van der Waals surface area contributed by atoms with Crippen molar-refractivity contribution in [2.75, 3.05) is 6.54 Å². The van der Waals surface area contributed by atoms with Crippen LogP contribution in [0.5, 0.6) is 0 Å². The van der Waals surface area contributed by atoms with Gasteiger partial charge in [0.1, 0.15) is 0 Å². The molecule has 2 N–H and O–H groups in total. The first-order chi connectivity index (χ1) is 10.2. The third-order valence-electron chi connectivity index (χ3n) is 3.94. The Morgan fingerprint density at radius 1 is 0.571 bits per heavy atom. The second kappa shape index (κ2) is 22.2. The Hall–Kier alpha value is -0.0400. The number of hydrogen-bond donors (Lipinski definition) is 1. The Balaban J connectivity index is 0. The van der Waals surface area contributed by atoms with Gasteiger partial charge in [-0.3, -0.25) is 0 Å². The Labute approximate surface area is 136 Å². The number of rotatable bonds is 14. The van der Waals surface area contributed by atoms with Gasteiger partial charge in [0.25, 0.3) is 0 Å². The van der Waals surface area contributed by atoms with Gasteiger partial charge in [-0.05, 0) is 18.9 Å². The van der Waals surface area contributed by atoms with E-state index in [9.17, 15) is 0 Å². The summed E-state index contributed by atoms with van der Waals surface area (Å²) in [6.07, 6.45) is 19.5. The summed E-state index contributed by atoms with van der Waals surface area (Å²) < 4.78 is 0. The highest BCUT2D eigenvalue weighted by Crippen LogP contribution is 2.10. The Morgan fingerprint density at radius 3 is 1.33 bits per heavy atom. The molecule has 0 saturated heterocycles. The lowest BCUT2D eigenvalue weighted by molar-refractivity contribution is 0.534. The zero-order valence-corrected chi connectivity index (χ0v) is 15.8. The zero-order chi connectivity index (χ0) is 16.2. The standard InChI is InChI=1S/C12H27N.C8H18/c1-2-3-4-5-6-7-8-9-10-11-12-13;1-4-5-6-7-8(2)3/h2-13H2,1H3;8H,4-7H2,1-3H3. The van der Waals surface area contributed by atoms with Gasteiger partial charge in [0.15, 0.2) is 0 Å². The summed E-state index contributed by atoms with van der Waals surface area (Å²) in [7, 11) is 0. The molecule has 0 aromatic rings. The maximum Gasteiger partial charge on any atom is -0.00773 e. The molecule has 0 atom stereocenters. The van der Waals surface area contributed by atoms with Crippen LogP contribution in [0.4, 0.5) is 0 Å². The van der Waals surface area contributed by atoms with E-state index in [1.54, 1.807) is 0 Å². The van der Waals surface area contributed by atoms with Gasteiger partial charge >= 0.3 is 0 Å². The molecule has 0 aliphatic rings. The summed E-state index contributed by atoms with van der Waals surface area (Å²) in [6, 6.07) is 0. The summed E-state index contributed by atoms with van der Waals surface area (Å²) in [5.41, 5.74) is 5.42. The summed E-state index contributed by atoms with van der Waals surface area (Å²) in [5.74, 6) is 0.904. The van der Waals surface area contributed by atoms with Crippen LogP contribution in [-0.4, -0.2) is 6.54 Å². The topological polar surface area (TPSA) is 26.0 Å². The third-order valence-corrected chi connectivity index (χ3v) is 3.94. The highest BCUT2D eigenvalue weighted by Gasteiger charge is 1.91. The van der Waals surface area contributed by atoms with Gasteiger partial charge < -0.3 is 5.73 Å². The molecule has 0 unspecified atom stereocenters. The molecule has 1 nitrogen and oxygen atoms in total. The maximum absolute atomic E-state index is 5.42. The van der Waals surface area contributed by atoms with Crippen LogP contribution in [0.1, 0.15) is 118 Å². The molecule has 0 aliphatic carbocycles. The van der Waals surface area contributed by atoms with E-state index in [1.165, 1.54) is 89.9 Å². The molecule has 0 radical (unpaired) electrons. The molecule has 0 aromatic carbocycles. The van der Waals surface area contributed by atoms with Crippen molar-refractivity contribution in [3.63, 3.8) is 0 Å². The fraction of sp³-hybridized carbons (Fsp3) is 1.00. The highest BCUT2D eigenvalue weighted by molar-refractivity contribution is 4.47. The molecule has 130 valence electrons. The van der Waals surface area contributed by atoms with Crippen molar-refractivity contribution in [2.24, 2.45) is 11.7 Å². The van der Waals surface area contributed by atoms with Crippen molar-refractivity contribution >= 4 is 0 Å². The second-order valence-electron chi connectivity index (χ2n) is 6.86. The molecule has 0 saturated carbocycles. The Bertz CT molecular complexity index is 144. The van der Waals surface area contributed by atoms with Crippen LogP contribution in [-0.2, 0) is 0 Å². The fourth-order valence-corrected chi connectivity index (χ4v) is 2.43. The van der Waals surface area contributed by atoms with Crippen molar-refractivity contribution in [1.82, 2.24) is 0 Å². The molecule has 0 bridgehead atoms. The third kappa shape index (κ3) is 28.8. The lowest BCUT2D eigenvalue weighted by Crippen LogP contribution is -1.97. The largest absolute Gasteiger partial charge is 0.330 e. The summed E-state index contributed by atoms with van der Waals surface area (Å²) >= 11 is 0. The van der Waals surface area contributed by atoms with Gasteiger partial charge in [-0.25, -0.2) is 0 Å². The van der Waals surface area contributed by atoms with Gasteiger partial charge in [-0.2, -0.15) is 0 Å². The van der Waals surface area contributed by atoms with E-state index in [1.807, 2.05) is 0 Å². The fourth-order valence-electron chi connectivity index (χ4n) is 2.43. The number of nitrogens with two attached hydrogens (primary N) is 1. The zero-order valence-electron chi connectivity index (χ0n) is 15.8. The van der Waals surface area contributed by atoms with Crippen LogP contribution < -0.4 is 5.73 Å². The van der Waals surface area contributed by atoms with E-state index in [4.69, 9.17) is 5.73 Å². The normalized spacial score (nSPS) is 10.6. The molecular formula is C20H45N. The molecule has 0 aliphatic heterocycles. The van der Waals surface area contributed by atoms with Crippen LogP contribution >= 0.6 is 0 Å². The summed E-state index contributed by atoms with van der Waals surface area (Å²) in [4.78, 5) is 0. The average molecular weight is 300 g/mol. The van der Waals surface area contributed by atoms with Gasteiger partial charge in [-0.1, -0.05) is 111 Å². The van der Waals surface area contributed by atoms with Crippen LogP contribution in [0.3, 0.4) is 0 Å². The monoisotopic (exact) mass is 299 g/mol. The summed E-state index contributed by atoms with van der Waals surface area (Å²) in [6.45, 7) is 9.97. The SMILES string of the molecule is CCCCCC(C)C.CCCCCCCCCCCCN. The van der Waals surface area contributed by atoms with Crippen molar-refractivity contribution in [2.45, 2.75) is 118 Å². The van der Waals surface area contributed by atoms with E-state index in [0.717, 1.165) is 12.5 Å². The lowest BCUT2D eigenvalue weighted by Gasteiger charge is -2.00.